The molecule has 0 amide bonds. The molecule has 0 aromatic heterocycles. The van der Waals surface area contributed by atoms with E-state index in [1.165, 1.54) is 6.08 Å². The number of hydrogen-bond donors (Lipinski definition) is 0. The van der Waals surface area contributed by atoms with Crippen LogP contribution in [0.3, 0.4) is 0 Å². The Hall–Kier alpha value is -2.29. The molecule has 0 nitrogen and oxygen atoms in total. The molecule has 0 heterocycles. The first-order valence-electron chi connectivity index (χ1n) is 9.63. The van der Waals surface area contributed by atoms with Crippen molar-refractivity contribution in [2.75, 3.05) is 0 Å². The summed E-state index contributed by atoms with van der Waals surface area (Å²) in [5, 5.41) is 0. The van der Waals surface area contributed by atoms with Crippen molar-refractivity contribution in [3.63, 3.8) is 0 Å². The maximum absolute atomic E-state index is 15.0. The number of allylic oxidation sites excluding steroid dienone is 4. The first kappa shape index (κ1) is 19.5. The van der Waals surface area contributed by atoms with Gasteiger partial charge in [-0.15, -0.1) is 0 Å². The summed E-state index contributed by atoms with van der Waals surface area (Å²) in [4.78, 5) is 0. The van der Waals surface area contributed by atoms with Crippen LogP contribution in [0.5, 0.6) is 0 Å². The summed E-state index contributed by atoms with van der Waals surface area (Å²) in [6.07, 6.45) is 3.50. The Balaban J connectivity index is 1.89. The number of benzene rings is 2. The van der Waals surface area contributed by atoms with Gasteiger partial charge in [-0.2, -0.15) is 0 Å². The monoisotopic (exact) mass is 370 g/mol. The molecule has 1 aliphatic rings. The van der Waals surface area contributed by atoms with Gasteiger partial charge < -0.3 is 0 Å². The highest BCUT2D eigenvalue weighted by molar-refractivity contribution is 5.86. The van der Waals surface area contributed by atoms with E-state index in [9.17, 15) is 8.78 Å². The topological polar surface area (TPSA) is 0 Å². The summed E-state index contributed by atoms with van der Waals surface area (Å²) in [7, 11) is 0. The molecular formula is C24H25F3. The number of rotatable bonds is 7. The van der Waals surface area contributed by atoms with Crippen LogP contribution in [0.1, 0.15) is 44.6 Å². The minimum Gasteiger partial charge on any atom is -0.239 e. The van der Waals surface area contributed by atoms with Gasteiger partial charge in [0.25, 0.3) is 0 Å². The molecule has 0 saturated carbocycles. The molecule has 142 valence electrons. The van der Waals surface area contributed by atoms with E-state index in [1.807, 2.05) is 61.5 Å². The standard InChI is InChI=1S/C24H25F3/c1-2-3-4-10-15-24(27)22(25)16-19(17-23(24)26)21-14-9-8-13-20(21)18-11-6-5-7-12-18/h5-9,11-14,16-17,22H,2-4,10,15H2,1H3. The zero-order valence-electron chi connectivity index (χ0n) is 15.6. The lowest BCUT2D eigenvalue weighted by atomic mass is 9.83. The number of unbranched alkanes of at least 4 members (excludes halogenated alkanes) is 3. The third kappa shape index (κ3) is 4.18. The van der Waals surface area contributed by atoms with Crippen molar-refractivity contribution >= 4 is 5.57 Å². The molecule has 2 aromatic rings. The van der Waals surface area contributed by atoms with Gasteiger partial charge in [-0.3, -0.25) is 0 Å². The number of halogens is 3. The van der Waals surface area contributed by atoms with Gasteiger partial charge in [0.15, 0.2) is 11.8 Å². The lowest BCUT2D eigenvalue weighted by Crippen LogP contribution is -2.36. The molecule has 27 heavy (non-hydrogen) atoms. The average Bonchev–Trinajstić information content (AvgIpc) is 2.70. The quantitative estimate of drug-likeness (QED) is 0.440. The summed E-state index contributed by atoms with van der Waals surface area (Å²) in [5.41, 5.74) is 0.374. The molecule has 0 spiro atoms. The first-order chi connectivity index (χ1) is 13.1. The van der Waals surface area contributed by atoms with Gasteiger partial charge in [0.1, 0.15) is 5.83 Å². The summed E-state index contributed by atoms with van der Waals surface area (Å²) in [6.45, 7) is 2.05. The van der Waals surface area contributed by atoms with Gasteiger partial charge >= 0.3 is 0 Å². The predicted octanol–water partition coefficient (Wildman–Crippen LogP) is 7.62. The first-order valence-corrected chi connectivity index (χ1v) is 9.63. The van der Waals surface area contributed by atoms with Crippen molar-refractivity contribution in [1.82, 2.24) is 0 Å². The molecule has 2 aromatic carbocycles. The minimum atomic E-state index is -2.54. The van der Waals surface area contributed by atoms with E-state index >= 15 is 4.39 Å². The Labute approximate surface area is 159 Å². The van der Waals surface area contributed by atoms with Crippen LogP contribution in [0, 0.1) is 0 Å². The zero-order valence-corrected chi connectivity index (χ0v) is 15.6. The molecule has 1 aliphatic carbocycles. The van der Waals surface area contributed by atoms with Crippen molar-refractivity contribution in [2.45, 2.75) is 50.9 Å². The lowest BCUT2D eigenvalue weighted by molar-refractivity contribution is 0.0761. The third-order valence-electron chi connectivity index (χ3n) is 5.16. The summed E-state index contributed by atoms with van der Waals surface area (Å²) >= 11 is 0. The smallest absolute Gasteiger partial charge is 0.196 e. The second-order valence-electron chi connectivity index (χ2n) is 7.10. The van der Waals surface area contributed by atoms with Crippen LogP contribution in [0.2, 0.25) is 0 Å². The third-order valence-corrected chi connectivity index (χ3v) is 5.16. The molecule has 3 rings (SSSR count). The van der Waals surface area contributed by atoms with E-state index < -0.39 is 17.7 Å². The Morgan fingerprint density at radius 2 is 1.56 bits per heavy atom. The highest BCUT2D eigenvalue weighted by Gasteiger charge is 2.45. The molecule has 0 N–H and O–H groups in total. The van der Waals surface area contributed by atoms with Gasteiger partial charge in [0, 0.05) is 0 Å². The van der Waals surface area contributed by atoms with E-state index in [4.69, 9.17) is 0 Å². The molecule has 2 atom stereocenters. The molecule has 0 saturated heterocycles. The SMILES string of the molecule is CCCCCCC1(F)C(F)=CC(c2ccccc2-c2ccccc2)=CC1F. The Kier molecular flexibility index (Phi) is 6.20. The van der Waals surface area contributed by atoms with Crippen molar-refractivity contribution in [3.8, 4) is 11.1 Å². The van der Waals surface area contributed by atoms with E-state index in [1.54, 1.807) is 0 Å². The minimum absolute atomic E-state index is 0.124. The molecule has 3 heteroatoms. The fourth-order valence-corrected chi connectivity index (χ4v) is 3.56. The van der Waals surface area contributed by atoms with Crippen LogP contribution in [0.15, 0.2) is 72.6 Å². The van der Waals surface area contributed by atoms with Gasteiger partial charge in [-0.25, -0.2) is 13.2 Å². The van der Waals surface area contributed by atoms with E-state index in [0.29, 0.717) is 17.6 Å². The summed E-state index contributed by atoms with van der Waals surface area (Å²) in [6, 6.07) is 17.1. The molecular weight excluding hydrogens is 345 g/mol. The van der Waals surface area contributed by atoms with Crippen molar-refractivity contribution in [1.29, 1.82) is 0 Å². The van der Waals surface area contributed by atoms with Crippen LogP contribution < -0.4 is 0 Å². The Morgan fingerprint density at radius 1 is 0.889 bits per heavy atom. The summed E-state index contributed by atoms with van der Waals surface area (Å²) < 4.78 is 44.4. The molecule has 0 radical (unpaired) electrons. The normalized spacial score (nSPS) is 22.3. The van der Waals surface area contributed by atoms with E-state index in [0.717, 1.165) is 36.5 Å². The number of alkyl halides is 2. The maximum atomic E-state index is 15.0. The fourth-order valence-electron chi connectivity index (χ4n) is 3.56. The van der Waals surface area contributed by atoms with E-state index in [-0.39, 0.29) is 6.42 Å². The highest BCUT2D eigenvalue weighted by atomic mass is 19.2. The predicted molar refractivity (Wildman–Crippen MR) is 107 cm³/mol. The van der Waals surface area contributed by atoms with Crippen LogP contribution in [-0.2, 0) is 0 Å². The molecule has 0 aliphatic heterocycles. The van der Waals surface area contributed by atoms with E-state index in [2.05, 4.69) is 0 Å². The van der Waals surface area contributed by atoms with Crippen molar-refractivity contribution < 1.29 is 13.2 Å². The summed E-state index contributed by atoms with van der Waals surface area (Å²) in [5.74, 6) is -1.01. The van der Waals surface area contributed by atoms with Gasteiger partial charge in [-0.05, 0) is 47.3 Å². The van der Waals surface area contributed by atoms with Gasteiger partial charge in [-0.1, -0.05) is 80.8 Å². The Bertz CT molecular complexity index is 823. The van der Waals surface area contributed by atoms with Crippen molar-refractivity contribution in [2.24, 2.45) is 0 Å². The van der Waals surface area contributed by atoms with Crippen LogP contribution in [-0.4, -0.2) is 11.8 Å². The lowest BCUT2D eigenvalue weighted by Gasteiger charge is -2.30. The average molecular weight is 370 g/mol. The van der Waals surface area contributed by atoms with Crippen molar-refractivity contribution in [3.05, 3.63) is 78.1 Å². The Morgan fingerprint density at radius 3 is 2.22 bits per heavy atom. The largest absolute Gasteiger partial charge is 0.239 e. The van der Waals surface area contributed by atoms with Gasteiger partial charge in [0.2, 0.25) is 0 Å². The molecule has 0 fully saturated rings. The molecule has 2 unspecified atom stereocenters. The van der Waals surface area contributed by atoms with Crippen LogP contribution in [0.4, 0.5) is 13.2 Å². The molecule has 0 bridgehead atoms. The van der Waals surface area contributed by atoms with Crippen LogP contribution >= 0.6 is 0 Å². The second kappa shape index (κ2) is 8.60. The number of hydrogen-bond acceptors (Lipinski definition) is 0. The second-order valence-corrected chi connectivity index (χ2v) is 7.10. The van der Waals surface area contributed by atoms with Crippen LogP contribution in [0.25, 0.3) is 16.7 Å². The maximum Gasteiger partial charge on any atom is 0.196 e. The fraction of sp³-hybridized carbons (Fsp3) is 0.333. The highest BCUT2D eigenvalue weighted by Crippen LogP contribution is 2.43. The van der Waals surface area contributed by atoms with Gasteiger partial charge in [0.05, 0.1) is 0 Å². The zero-order chi connectivity index (χ0) is 19.3.